The largest absolute Gasteiger partial charge is 0.495 e. The van der Waals surface area contributed by atoms with Gasteiger partial charge < -0.3 is 14.8 Å². The number of hydrogen-bond acceptors (Lipinski definition) is 3. The second-order valence-electron chi connectivity index (χ2n) is 5.16. The van der Waals surface area contributed by atoms with Crippen molar-refractivity contribution in [2.45, 2.75) is 26.4 Å². The van der Waals surface area contributed by atoms with Gasteiger partial charge >= 0.3 is 0 Å². The maximum absolute atomic E-state index is 12.5. The molecule has 0 unspecified atom stereocenters. The minimum Gasteiger partial charge on any atom is -0.495 e. The number of anilines is 1. The smallest absolute Gasteiger partial charge is 0.265 e. The number of amides is 1. The number of methoxy groups -OCH3 is 1. The fourth-order valence-electron chi connectivity index (χ4n) is 2.13. The molecule has 2 rings (SSSR count). The van der Waals surface area contributed by atoms with Crippen LogP contribution in [-0.4, -0.2) is 19.1 Å². The highest BCUT2D eigenvalue weighted by Gasteiger charge is 2.20. The first-order valence-corrected chi connectivity index (χ1v) is 7.79. The number of hydrogen-bond donors (Lipinski definition) is 1. The van der Waals surface area contributed by atoms with Crippen LogP contribution in [0.4, 0.5) is 5.69 Å². The Morgan fingerprint density at radius 3 is 2.52 bits per heavy atom. The van der Waals surface area contributed by atoms with E-state index >= 15 is 0 Å². The van der Waals surface area contributed by atoms with E-state index < -0.39 is 6.10 Å². The van der Waals surface area contributed by atoms with E-state index in [0.717, 1.165) is 5.56 Å². The van der Waals surface area contributed by atoms with Crippen LogP contribution in [-0.2, 0) is 4.79 Å². The van der Waals surface area contributed by atoms with E-state index in [0.29, 0.717) is 28.6 Å². The molecule has 0 aromatic heterocycles. The highest BCUT2D eigenvalue weighted by molar-refractivity contribution is 6.30. The first kappa shape index (κ1) is 17.2. The summed E-state index contributed by atoms with van der Waals surface area (Å²) in [6.45, 7) is 3.85. The summed E-state index contributed by atoms with van der Waals surface area (Å²) in [7, 11) is 1.57. The number of nitrogens with one attached hydrogen (secondary N) is 1. The highest BCUT2D eigenvalue weighted by atomic mass is 35.5. The molecule has 0 aliphatic carbocycles. The third kappa shape index (κ3) is 4.63. The predicted octanol–water partition coefficient (Wildman–Crippen LogP) is 4.45. The Kier molecular flexibility index (Phi) is 5.88. The summed E-state index contributed by atoms with van der Waals surface area (Å²) in [5.74, 6) is 1.00. The maximum atomic E-state index is 12.5. The molecule has 23 heavy (non-hydrogen) atoms. The Balaban J connectivity index is 2.11. The van der Waals surface area contributed by atoms with Crippen LogP contribution in [0.5, 0.6) is 11.5 Å². The number of benzene rings is 2. The molecule has 5 heteroatoms. The van der Waals surface area contributed by atoms with E-state index in [-0.39, 0.29) is 5.91 Å². The number of carbonyl (C=O) groups excluding carboxylic acids is 1. The molecule has 1 amide bonds. The quantitative estimate of drug-likeness (QED) is 0.849. The van der Waals surface area contributed by atoms with Gasteiger partial charge in [0.1, 0.15) is 11.5 Å². The Morgan fingerprint density at radius 2 is 1.91 bits per heavy atom. The molecule has 0 heterocycles. The number of rotatable bonds is 6. The van der Waals surface area contributed by atoms with Gasteiger partial charge in [0.15, 0.2) is 6.10 Å². The molecule has 0 fully saturated rings. The highest BCUT2D eigenvalue weighted by Crippen LogP contribution is 2.26. The summed E-state index contributed by atoms with van der Waals surface area (Å²) < 4.78 is 11.0. The number of ether oxygens (including phenoxy) is 2. The average Bonchev–Trinajstić information content (AvgIpc) is 2.54. The normalized spacial score (nSPS) is 11.7. The Hall–Kier alpha value is -2.20. The van der Waals surface area contributed by atoms with E-state index in [9.17, 15) is 4.79 Å². The second-order valence-corrected chi connectivity index (χ2v) is 5.60. The van der Waals surface area contributed by atoms with E-state index in [2.05, 4.69) is 5.32 Å². The van der Waals surface area contributed by atoms with Crippen LogP contribution >= 0.6 is 11.6 Å². The molecule has 2 aromatic rings. The van der Waals surface area contributed by atoms with Gasteiger partial charge in [0.05, 0.1) is 12.8 Å². The molecule has 122 valence electrons. The molecule has 0 aliphatic rings. The van der Waals surface area contributed by atoms with Crippen molar-refractivity contribution in [3.8, 4) is 11.5 Å². The zero-order chi connectivity index (χ0) is 16.8. The van der Waals surface area contributed by atoms with Crippen molar-refractivity contribution in [3.63, 3.8) is 0 Å². The predicted molar refractivity (Wildman–Crippen MR) is 92.5 cm³/mol. The van der Waals surface area contributed by atoms with E-state index in [1.54, 1.807) is 31.4 Å². The number of carbonyl (C=O) groups is 1. The molecular formula is C18H20ClNO3. The van der Waals surface area contributed by atoms with Gasteiger partial charge in [-0.1, -0.05) is 24.6 Å². The Labute approximate surface area is 141 Å². The van der Waals surface area contributed by atoms with Gasteiger partial charge in [0.25, 0.3) is 5.91 Å². The SMILES string of the molecule is CC[C@H](Oc1ccc(Cl)cc1)C(=O)Nc1cc(C)ccc1OC. The zero-order valence-corrected chi connectivity index (χ0v) is 14.2. The first-order chi connectivity index (χ1) is 11.0. The summed E-state index contributed by atoms with van der Waals surface area (Å²) >= 11 is 5.85. The van der Waals surface area contributed by atoms with Gasteiger partial charge in [-0.25, -0.2) is 0 Å². The lowest BCUT2D eigenvalue weighted by atomic mass is 10.2. The first-order valence-electron chi connectivity index (χ1n) is 7.41. The third-order valence-electron chi connectivity index (χ3n) is 3.37. The van der Waals surface area contributed by atoms with Crippen molar-refractivity contribution in [1.29, 1.82) is 0 Å². The van der Waals surface area contributed by atoms with Gasteiger partial charge in [-0.2, -0.15) is 0 Å². The van der Waals surface area contributed by atoms with E-state index in [4.69, 9.17) is 21.1 Å². The molecule has 0 saturated heterocycles. The van der Waals surface area contributed by atoms with Crippen molar-refractivity contribution < 1.29 is 14.3 Å². The van der Waals surface area contributed by atoms with Crippen molar-refractivity contribution in [2.75, 3.05) is 12.4 Å². The van der Waals surface area contributed by atoms with Crippen LogP contribution in [0.1, 0.15) is 18.9 Å². The van der Waals surface area contributed by atoms with Crippen LogP contribution in [0.15, 0.2) is 42.5 Å². The monoisotopic (exact) mass is 333 g/mol. The fourth-order valence-corrected chi connectivity index (χ4v) is 2.26. The van der Waals surface area contributed by atoms with Gasteiger partial charge in [-0.3, -0.25) is 4.79 Å². The van der Waals surface area contributed by atoms with E-state index in [1.807, 2.05) is 32.0 Å². The molecule has 4 nitrogen and oxygen atoms in total. The van der Waals surface area contributed by atoms with Crippen LogP contribution in [0.2, 0.25) is 5.02 Å². The fraction of sp³-hybridized carbons (Fsp3) is 0.278. The lowest BCUT2D eigenvalue weighted by Crippen LogP contribution is -2.32. The average molecular weight is 334 g/mol. The summed E-state index contributed by atoms with van der Waals surface area (Å²) in [4.78, 5) is 12.5. The van der Waals surface area contributed by atoms with Crippen LogP contribution in [0.3, 0.4) is 0 Å². The standard InChI is InChI=1S/C18H20ClNO3/c1-4-16(23-14-8-6-13(19)7-9-14)18(21)20-15-11-12(2)5-10-17(15)22-3/h5-11,16H,4H2,1-3H3,(H,20,21)/t16-/m0/s1. The topological polar surface area (TPSA) is 47.6 Å². The zero-order valence-electron chi connectivity index (χ0n) is 13.4. The van der Waals surface area contributed by atoms with E-state index in [1.165, 1.54) is 0 Å². The van der Waals surface area contributed by atoms with Gasteiger partial charge in [0.2, 0.25) is 0 Å². The van der Waals surface area contributed by atoms with Crippen LogP contribution in [0.25, 0.3) is 0 Å². The Morgan fingerprint density at radius 1 is 1.22 bits per heavy atom. The van der Waals surface area contributed by atoms with Crippen molar-refractivity contribution in [2.24, 2.45) is 0 Å². The van der Waals surface area contributed by atoms with Crippen molar-refractivity contribution in [3.05, 3.63) is 53.1 Å². The third-order valence-corrected chi connectivity index (χ3v) is 3.62. The minimum absolute atomic E-state index is 0.216. The summed E-state index contributed by atoms with van der Waals surface area (Å²) in [6.07, 6.45) is -0.0517. The summed E-state index contributed by atoms with van der Waals surface area (Å²) in [6, 6.07) is 12.6. The van der Waals surface area contributed by atoms with Gasteiger partial charge in [-0.15, -0.1) is 0 Å². The van der Waals surface area contributed by atoms with Gasteiger partial charge in [0, 0.05) is 5.02 Å². The number of halogens is 1. The number of aryl methyl sites for hydroxylation is 1. The summed E-state index contributed by atoms with van der Waals surface area (Å²) in [5.41, 5.74) is 1.67. The van der Waals surface area contributed by atoms with Crippen LogP contribution < -0.4 is 14.8 Å². The molecule has 1 atom stereocenters. The van der Waals surface area contributed by atoms with Gasteiger partial charge in [-0.05, 0) is 55.3 Å². The molecule has 0 aliphatic heterocycles. The molecule has 0 radical (unpaired) electrons. The van der Waals surface area contributed by atoms with Crippen molar-refractivity contribution >= 4 is 23.2 Å². The minimum atomic E-state index is -0.596. The molecule has 0 spiro atoms. The maximum Gasteiger partial charge on any atom is 0.265 e. The summed E-state index contributed by atoms with van der Waals surface area (Å²) in [5, 5.41) is 3.49. The lowest BCUT2D eigenvalue weighted by Gasteiger charge is -2.18. The van der Waals surface area contributed by atoms with Crippen LogP contribution in [0, 0.1) is 6.92 Å². The molecular weight excluding hydrogens is 314 g/mol. The van der Waals surface area contributed by atoms with Crippen molar-refractivity contribution in [1.82, 2.24) is 0 Å². The molecule has 0 saturated carbocycles. The lowest BCUT2D eigenvalue weighted by molar-refractivity contribution is -0.122. The Bertz CT molecular complexity index is 670. The molecule has 2 aromatic carbocycles. The second kappa shape index (κ2) is 7.88. The molecule has 0 bridgehead atoms. The molecule has 1 N–H and O–H groups in total.